The molecule has 2 aliphatic rings. The monoisotopic (exact) mass is 437 g/mol. The van der Waals surface area contributed by atoms with Crippen molar-refractivity contribution in [1.82, 2.24) is 15.2 Å². The minimum absolute atomic E-state index is 0.0616. The molecule has 1 saturated heterocycles. The van der Waals surface area contributed by atoms with E-state index in [9.17, 15) is 4.79 Å². The van der Waals surface area contributed by atoms with Gasteiger partial charge in [-0.05, 0) is 80.3 Å². The van der Waals surface area contributed by atoms with Crippen LogP contribution in [0, 0.1) is 5.92 Å². The van der Waals surface area contributed by atoms with Crippen molar-refractivity contribution in [2.75, 3.05) is 33.9 Å². The summed E-state index contributed by atoms with van der Waals surface area (Å²) in [5.41, 5.74) is 5.12. The van der Waals surface area contributed by atoms with Crippen LogP contribution in [-0.2, 0) is 28.9 Å². The van der Waals surface area contributed by atoms with Crippen LogP contribution < -0.4 is 10.1 Å². The molecule has 1 aromatic carbocycles. The van der Waals surface area contributed by atoms with Crippen LogP contribution in [-0.4, -0.2) is 49.7 Å². The van der Waals surface area contributed by atoms with E-state index in [-0.39, 0.29) is 18.6 Å². The molecule has 1 N–H and O–H groups in total. The number of nitrogens with one attached hydrogen (secondary N) is 1. The fourth-order valence-corrected chi connectivity index (χ4v) is 5.22. The number of amides is 1. The van der Waals surface area contributed by atoms with Gasteiger partial charge in [0.2, 0.25) is 5.91 Å². The van der Waals surface area contributed by atoms with E-state index in [4.69, 9.17) is 9.47 Å². The van der Waals surface area contributed by atoms with Gasteiger partial charge in [-0.25, -0.2) is 0 Å². The van der Waals surface area contributed by atoms with Crippen LogP contribution in [0.4, 0.5) is 0 Å². The number of aromatic nitrogens is 1. The summed E-state index contributed by atoms with van der Waals surface area (Å²) in [6.07, 6.45) is 8.83. The van der Waals surface area contributed by atoms with Gasteiger partial charge in [0.1, 0.15) is 12.4 Å². The molecule has 32 heavy (non-hydrogen) atoms. The average Bonchev–Trinajstić information content (AvgIpc) is 2.83. The molecular weight excluding hydrogens is 402 g/mol. The number of benzene rings is 1. The standard InChI is InChI=1S/C26H35N3O3/c1-31-18-25(30)28-26(23-11-5-6-12-27-23)21-10-7-13-29(16-21)17-22-14-19-8-3-4-9-20(19)15-24(22)32-2/h5-6,11-12,14-15,21,26H,3-4,7-10,13,16-18H2,1-2H3,(H,28,30)/t21-,26+/m0/s1. The number of carbonyl (C=O) groups is 1. The normalized spacial score (nSPS) is 19.8. The van der Waals surface area contributed by atoms with Crippen molar-refractivity contribution >= 4 is 5.91 Å². The molecule has 1 aromatic heterocycles. The first-order valence-electron chi connectivity index (χ1n) is 11.8. The molecule has 172 valence electrons. The van der Waals surface area contributed by atoms with Gasteiger partial charge in [-0.3, -0.25) is 14.7 Å². The third-order valence-electron chi connectivity index (χ3n) is 6.75. The summed E-state index contributed by atoms with van der Waals surface area (Å²) in [6, 6.07) is 10.4. The highest BCUT2D eigenvalue weighted by Crippen LogP contribution is 2.33. The molecule has 6 heteroatoms. The molecule has 2 aromatic rings. The Bertz CT molecular complexity index is 903. The minimum Gasteiger partial charge on any atom is -0.496 e. The molecule has 0 spiro atoms. The molecule has 2 atom stereocenters. The first-order valence-corrected chi connectivity index (χ1v) is 11.8. The van der Waals surface area contributed by atoms with Gasteiger partial charge >= 0.3 is 0 Å². The lowest BCUT2D eigenvalue weighted by molar-refractivity contribution is -0.126. The molecule has 1 aliphatic heterocycles. The predicted octanol–water partition coefficient (Wildman–Crippen LogP) is 3.68. The Balaban J connectivity index is 1.51. The largest absolute Gasteiger partial charge is 0.496 e. The summed E-state index contributed by atoms with van der Waals surface area (Å²) in [5.74, 6) is 1.20. The molecular formula is C26H35N3O3. The van der Waals surface area contributed by atoms with E-state index in [0.717, 1.165) is 50.3 Å². The number of hydrogen-bond acceptors (Lipinski definition) is 5. The first-order chi connectivity index (χ1) is 15.7. The van der Waals surface area contributed by atoms with Gasteiger partial charge in [-0.2, -0.15) is 0 Å². The molecule has 1 aliphatic carbocycles. The average molecular weight is 438 g/mol. The number of nitrogens with zero attached hydrogens (tertiary/aromatic N) is 2. The van der Waals surface area contributed by atoms with E-state index < -0.39 is 0 Å². The molecule has 0 radical (unpaired) electrons. The number of likely N-dealkylation sites (tertiary alicyclic amines) is 1. The number of aryl methyl sites for hydroxylation is 2. The van der Waals surface area contributed by atoms with Crippen molar-refractivity contribution in [2.24, 2.45) is 5.92 Å². The Labute approximate surface area is 191 Å². The Morgan fingerprint density at radius 3 is 2.72 bits per heavy atom. The van der Waals surface area contributed by atoms with E-state index in [1.54, 1.807) is 20.4 Å². The number of rotatable bonds is 8. The molecule has 2 heterocycles. The zero-order valence-corrected chi connectivity index (χ0v) is 19.3. The Kier molecular flexibility index (Phi) is 7.76. The van der Waals surface area contributed by atoms with Crippen molar-refractivity contribution in [3.05, 3.63) is 58.9 Å². The van der Waals surface area contributed by atoms with Crippen LogP contribution in [0.2, 0.25) is 0 Å². The van der Waals surface area contributed by atoms with Gasteiger partial charge in [-0.1, -0.05) is 12.1 Å². The summed E-state index contributed by atoms with van der Waals surface area (Å²) < 4.78 is 10.8. The number of carbonyl (C=O) groups excluding carboxylic acids is 1. The zero-order valence-electron chi connectivity index (χ0n) is 19.3. The maximum Gasteiger partial charge on any atom is 0.246 e. The second kappa shape index (κ2) is 10.9. The Morgan fingerprint density at radius 2 is 2.00 bits per heavy atom. The molecule has 0 bridgehead atoms. The molecule has 0 saturated carbocycles. The Morgan fingerprint density at radius 1 is 1.19 bits per heavy atom. The summed E-state index contributed by atoms with van der Waals surface area (Å²) in [7, 11) is 3.32. The van der Waals surface area contributed by atoms with Crippen LogP contribution in [0.3, 0.4) is 0 Å². The van der Waals surface area contributed by atoms with Gasteiger partial charge < -0.3 is 14.8 Å². The maximum atomic E-state index is 12.4. The second-order valence-electron chi connectivity index (χ2n) is 9.01. The fourth-order valence-electron chi connectivity index (χ4n) is 5.22. The molecule has 1 amide bonds. The molecule has 1 fully saturated rings. The highest BCUT2D eigenvalue weighted by molar-refractivity contribution is 5.77. The van der Waals surface area contributed by atoms with Crippen molar-refractivity contribution in [2.45, 2.75) is 51.1 Å². The Hall–Kier alpha value is -2.44. The predicted molar refractivity (Wildman–Crippen MR) is 125 cm³/mol. The number of hydrogen-bond donors (Lipinski definition) is 1. The number of fused-ring (bicyclic) bond motifs is 1. The fraction of sp³-hybridized carbons (Fsp3) is 0.538. The van der Waals surface area contributed by atoms with Gasteiger partial charge in [-0.15, -0.1) is 0 Å². The number of ether oxygens (including phenoxy) is 2. The maximum absolute atomic E-state index is 12.4. The van der Waals surface area contributed by atoms with Crippen LogP contribution in [0.1, 0.15) is 54.1 Å². The molecule has 4 rings (SSSR count). The number of methoxy groups -OCH3 is 2. The van der Waals surface area contributed by atoms with Crippen molar-refractivity contribution in [3.63, 3.8) is 0 Å². The minimum atomic E-state index is -0.118. The zero-order chi connectivity index (χ0) is 22.3. The van der Waals surface area contributed by atoms with E-state index in [0.29, 0.717) is 5.92 Å². The van der Waals surface area contributed by atoms with E-state index in [1.165, 1.54) is 36.0 Å². The van der Waals surface area contributed by atoms with Gasteiger partial charge in [0.05, 0.1) is 18.8 Å². The number of piperidine rings is 1. The van der Waals surface area contributed by atoms with Crippen LogP contribution in [0.5, 0.6) is 5.75 Å². The van der Waals surface area contributed by atoms with E-state index >= 15 is 0 Å². The van der Waals surface area contributed by atoms with Crippen molar-refractivity contribution in [1.29, 1.82) is 0 Å². The second-order valence-corrected chi connectivity index (χ2v) is 9.01. The summed E-state index contributed by atoms with van der Waals surface area (Å²) >= 11 is 0. The van der Waals surface area contributed by atoms with Crippen LogP contribution in [0.25, 0.3) is 0 Å². The highest BCUT2D eigenvalue weighted by atomic mass is 16.5. The van der Waals surface area contributed by atoms with Crippen molar-refractivity contribution in [3.8, 4) is 5.75 Å². The lowest BCUT2D eigenvalue weighted by atomic mass is 9.87. The van der Waals surface area contributed by atoms with E-state index in [2.05, 4.69) is 27.3 Å². The highest BCUT2D eigenvalue weighted by Gasteiger charge is 2.31. The quantitative estimate of drug-likeness (QED) is 0.683. The SMILES string of the molecule is COCC(=O)N[C@@H](c1ccccn1)[C@H]1CCCN(Cc2cc3c(cc2OC)CCCC3)C1. The molecule has 0 unspecified atom stereocenters. The van der Waals surface area contributed by atoms with E-state index in [1.807, 2.05) is 18.2 Å². The first kappa shape index (κ1) is 22.7. The van der Waals surface area contributed by atoms with Gasteiger partial charge in [0.25, 0.3) is 0 Å². The van der Waals surface area contributed by atoms with Crippen LogP contribution >= 0.6 is 0 Å². The lowest BCUT2D eigenvalue weighted by Gasteiger charge is -2.37. The molecule has 6 nitrogen and oxygen atoms in total. The van der Waals surface area contributed by atoms with Gasteiger partial charge in [0, 0.05) is 32.0 Å². The summed E-state index contributed by atoms with van der Waals surface area (Å²) in [5, 5.41) is 3.17. The van der Waals surface area contributed by atoms with Crippen molar-refractivity contribution < 1.29 is 14.3 Å². The smallest absolute Gasteiger partial charge is 0.246 e. The van der Waals surface area contributed by atoms with Crippen LogP contribution in [0.15, 0.2) is 36.5 Å². The topological polar surface area (TPSA) is 63.7 Å². The third-order valence-corrected chi connectivity index (χ3v) is 6.75. The number of pyridine rings is 1. The third kappa shape index (κ3) is 5.48. The summed E-state index contributed by atoms with van der Waals surface area (Å²) in [4.78, 5) is 19.4. The lowest BCUT2D eigenvalue weighted by Crippen LogP contribution is -2.43. The summed E-state index contributed by atoms with van der Waals surface area (Å²) in [6.45, 7) is 2.90. The van der Waals surface area contributed by atoms with Gasteiger partial charge in [0.15, 0.2) is 0 Å².